The Morgan fingerprint density at radius 3 is 2.72 bits per heavy atom. The van der Waals surface area contributed by atoms with E-state index < -0.39 is 0 Å². The van der Waals surface area contributed by atoms with Gasteiger partial charge in [0.1, 0.15) is 17.9 Å². The monoisotopic (exact) mass is 435 g/mol. The molecule has 1 aromatic carbocycles. The van der Waals surface area contributed by atoms with Gasteiger partial charge in [-0.3, -0.25) is 9.59 Å². The van der Waals surface area contributed by atoms with Crippen molar-refractivity contribution >= 4 is 23.3 Å². The predicted molar refractivity (Wildman–Crippen MR) is 119 cm³/mol. The van der Waals surface area contributed by atoms with E-state index in [4.69, 9.17) is 4.74 Å². The summed E-state index contributed by atoms with van der Waals surface area (Å²) in [5.74, 6) is 1.44. The Balaban J connectivity index is 1.25. The van der Waals surface area contributed by atoms with E-state index in [0.29, 0.717) is 31.3 Å². The van der Waals surface area contributed by atoms with Gasteiger partial charge in [0.25, 0.3) is 0 Å². The van der Waals surface area contributed by atoms with Gasteiger partial charge in [-0.15, -0.1) is 0 Å². The van der Waals surface area contributed by atoms with Crippen LogP contribution in [-0.4, -0.2) is 58.3 Å². The van der Waals surface area contributed by atoms with Crippen molar-refractivity contribution in [3.63, 3.8) is 0 Å². The van der Waals surface area contributed by atoms with E-state index in [-0.39, 0.29) is 24.2 Å². The molecule has 1 unspecified atom stereocenters. The van der Waals surface area contributed by atoms with Gasteiger partial charge in [-0.25, -0.2) is 14.6 Å². The molecule has 1 saturated heterocycles. The molecule has 4 rings (SSSR count). The van der Waals surface area contributed by atoms with E-state index in [1.165, 1.54) is 6.33 Å². The number of carbonyl (C=O) groups is 2. The minimum absolute atomic E-state index is 0.0594. The van der Waals surface area contributed by atoms with Crippen molar-refractivity contribution in [1.29, 1.82) is 0 Å². The molecule has 2 N–H and O–H groups in total. The number of hydrogen-bond acceptors (Lipinski definition) is 7. The van der Waals surface area contributed by atoms with Gasteiger partial charge in [-0.1, -0.05) is 0 Å². The van der Waals surface area contributed by atoms with Crippen LogP contribution in [0.25, 0.3) is 5.82 Å². The summed E-state index contributed by atoms with van der Waals surface area (Å²) < 4.78 is 6.83. The van der Waals surface area contributed by atoms with Crippen LogP contribution >= 0.6 is 0 Å². The zero-order valence-electron chi connectivity index (χ0n) is 18.0. The lowest BCUT2D eigenvalue weighted by atomic mass is 10.1. The van der Waals surface area contributed by atoms with Crippen LogP contribution in [0.1, 0.15) is 12.1 Å². The standard InChI is InChI=1S/C22H25N7O3/c1-15-7-10-29(27-15)20-12-19(25-14-26-20)23-8-9-24-22(31)16-11-21(30)28(13-16)17-3-5-18(32-2)6-4-17/h3-7,10,12,14,16H,8-9,11,13H2,1-2H3,(H,24,31)(H,23,25,26). The maximum atomic E-state index is 12.5. The molecule has 3 aromatic rings. The quantitative estimate of drug-likeness (QED) is 0.516. The van der Waals surface area contributed by atoms with Crippen LogP contribution in [0.2, 0.25) is 0 Å². The van der Waals surface area contributed by atoms with Gasteiger partial charge in [0.15, 0.2) is 5.82 Å². The molecule has 0 spiro atoms. The fraction of sp³-hybridized carbons (Fsp3) is 0.318. The van der Waals surface area contributed by atoms with Crippen molar-refractivity contribution in [3.8, 4) is 11.6 Å². The van der Waals surface area contributed by atoms with Gasteiger partial charge in [0.2, 0.25) is 11.8 Å². The molecule has 0 radical (unpaired) electrons. The Kier molecular flexibility index (Phi) is 6.29. The van der Waals surface area contributed by atoms with Gasteiger partial charge in [0, 0.05) is 44.0 Å². The first-order valence-electron chi connectivity index (χ1n) is 10.3. The van der Waals surface area contributed by atoms with Crippen LogP contribution in [-0.2, 0) is 9.59 Å². The molecule has 1 aliphatic heterocycles. The molecule has 3 heterocycles. The lowest BCUT2D eigenvalue weighted by Gasteiger charge is -2.17. The molecule has 0 bridgehead atoms. The van der Waals surface area contributed by atoms with Crippen molar-refractivity contribution in [2.75, 3.05) is 37.0 Å². The zero-order valence-corrected chi connectivity index (χ0v) is 18.0. The highest BCUT2D eigenvalue weighted by Gasteiger charge is 2.34. The number of amides is 2. The van der Waals surface area contributed by atoms with Crippen molar-refractivity contribution < 1.29 is 14.3 Å². The molecular weight excluding hydrogens is 410 g/mol. The fourth-order valence-corrected chi connectivity index (χ4v) is 3.53. The summed E-state index contributed by atoms with van der Waals surface area (Å²) in [6.07, 6.45) is 3.49. The Labute approximate surface area is 185 Å². The summed E-state index contributed by atoms with van der Waals surface area (Å²) in [4.78, 5) is 35.0. The first kappa shape index (κ1) is 21.3. The van der Waals surface area contributed by atoms with Crippen LogP contribution in [0.5, 0.6) is 5.75 Å². The number of benzene rings is 1. The first-order valence-corrected chi connectivity index (χ1v) is 10.3. The van der Waals surface area contributed by atoms with Crippen LogP contribution in [0.3, 0.4) is 0 Å². The van der Waals surface area contributed by atoms with Gasteiger partial charge in [-0.2, -0.15) is 5.10 Å². The Bertz CT molecular complexity index is 1100. The predicted octanol–water partition coefficient (Wildman–Crippen LogP) is 1.56. The minimum atomic E-state index is -0.377. The number of nitrogens with one attached hydrogen (secondary N) is 2. The average Bonchev–Trinajstić information content (AvgIpc) is 3.42. The minimum Gasteiger partial charge on any atom is -0.497 e. The lowest BCUT2D eigenvalue weighted by molar-refractivity contribution is -0.126. The number of methoxy groups -OCH3 is 1. The summed E-state index contributed by atoms with van der Waals surface area (Å²) in [6.45, 7) is 3.17. The van der Waals surface area contributed by atoms with Crippen molar-refractivity contribution in [3.05, 3.63) is 54.6 Å². The summed E-state index contributed by atoms with van der Waals surface area (Å²) in [5, 5.41) is 10.4. The Morgan fingerprint density at radius 2 is 2.00 bits per heavy atom. The third kappa shape index (κ3) is 4.85. The summed E-state index contributed by atoms with van der Waals surface area (Å²) in [5.41, 5.74) is 1.66. The summed E-state index contributed by atoms with van der Waals surface area (Å²) in [7, 11) is 1.59. The molecule has 166 valence electrons. The smallest absolute Gasteiger partial charge is 0.227 e. The number of aromatic nitrogens is 4. The second-order valence-corrected chi connectivity index (χ2v) is 7.48. The van der Waals surface area contributed by atoms with E-state index in [0.717, 1.165) is 17.1 Å². The summed E-state index contributed by atoms with van der Waals surface area (Å²) >= 11 is 0. The highest BCUT2D eigenvalue weighted by atomic mass is 16.5. The molecule has 0 saturated carbocycles. The molecule has 1 atom stereocenters. The number of aryl methyl sites for hydroxylation is 1. The van der Waals surface area contributed by atoms with E-state index >= 15 is 0 Å². The van der Waals surface area contributed by atoms with Gasteiger partial charge < -0.3 is 20.3 Å². The fourth-order valence-electron chi connectivity index (χ4n) is 3.53. The third-order valence-corrected chi connectivity index (χ3v) is 5.22. The van der Waals surface area contributed by atoms with Crippen LogP contribution in [0.4, 0.5) is 11.5 Å². The largest absolute Gasteiger partial charge is 0.497 e. The lowest BCUT2D eigenvalue weighted by Crippen LogP contribution is -2.35. The van der Waals surface area contributed by atoms with Crippen LogP contribution in [0.15, 0.2) is 48.9 Å². The number of ether oxygens (including phenoxy) is 1. The normalized spacial score (nSPS) is 15.6. The average molecular weight is 435 g/mol. The SMILES string of the molecule is COc1ccc(N2CC(C(=O)NCCNc3cc(-n4ccc(C)n4)ncn3)CC2=O)cc1. The molecule has 0 aliphatic carbocycles. The summed E-state index contributed by atoms with van der Waals surface area (Å²) in [6, 6.07) is 10.9. The van der Waals surface area contributed by atoms with Gasteiger partial charge in [0.05, 0.1) is 18.7 Å². The third-order valence-electron chi connectivity index (χ3n) is 5.22. The molecule has 10 heteroatoms. The maximum Gasteiger partial charge on any atom is 0.227 e. The molecular formula is C22H25N7O3. The Morgan fingerprint density at radius 1 is 1.19 bits per heavy atom. The van der Waals surface area contributed by atoms with E-state index in [1.54, 1.807) is 34.9 Å². The highest BCUT2D eigenvalue weighted by Crippen LogP contribution is 2.26. The molecule has 10 nitrogen and oxygen atoms in total. The molecule has 2 aromatic heterocycles. The van der Waals surface area contributed by atoms with Crippen LogP contribution < -0.4 is 20.3 Å². The second kappa shape index (κ2) is 9.46. The number of hydrogen-bond donors (Lipinski definition) is 2. The van der Waals surface area contributed by atoms with Crippen molar-refractivity contribution in [1.82, 2.24) is 25.1 Å². The number of nitrogens with zero attached hydrogens (tertiary/aromatic N) is 5. The van der Waals surface area contributed by atoms with Gasteiger partial charge >= 0.3 is 0 Å². The molecule has 2 amide bonds. The molecule has 1 aliphatic rings. The van der Waals surface area contributed by atoms with Crippen LogP contribution in [0, 0.1) is 12.8 Å². The Hall–Kier alpha value is -3.95. The maximum absolute atomic E-state index is 12.5. The molecule has 1 fully saturated rings. The van der Waals surface area contributed by atoms with E-state index in [2.05, 4.69) is 25.7 Å². The van der Waals surface area contributed by atoms with Crippen molar-refractivity contribution in [2.45, 2.75) is 13.3 Å². The number of anilines is 2. The van der Waals surface area contributed by atoms with Gasteiger partial charge in [-0.05, 0) is 37.3 Å². The second-order valence-electron chi connectivity index (χ2n) is 7.48. The highest BCUT2D eigenvalue weighted by molar-refractivity contribution is 6.00. The van der Waals surface area contributed by atoms with E-state index in [1.807, 2.05) is 31.3 Å². The van der Waals surface area contributed by atoms with Crippen molar-refractivity contribution in [2.24, 2.45) is 5.92 Å². The number of rotatable bonds is 8. The first-order chi connectivity index (χ1) is 15.5. The number of carbonyl (C=O) groups excluding carboxylic acids is 2. The molecule has 32 heavy (non-hydrogen) atoms. The zero-order chi connectivity index (χ0) is 22.5. The topological polar surface area (TPSA) is 114 Å². The van der Waals surface area contributed by atoms with E-state index in [9.17, 15) is 9.59 Å².